The summed E-state index contributed by atoms with van der Waals surface area (Å²) in [5.41, 5.74) is -0.633. The highest BCUT2D eigenvalue weighted by molar-refractivity contribution is 6.45. The zero-order valence-electron chi connectivity index (χ0n) is 10.8. The Balaban J connectivity index is 2.22. The van der Waals surface area contributed by atoms with E-state index in [1.807, 2.05) is 0 Å². The van der Waals surface area contributed by atoms with Crippen molar-refractivity contribution >= 4 is 52.2 Å². The van der Waals surface area contributed by atoms with Gasteiger partial charge in [-0.3, -0.25) is 4.79 Å². The molecule has 0 amide bonds. The summed E-state index contributed by atoms with van der Waals surface area (Å²) in [5, 5.41) is 9.51. The molecule has 114 valence electrons. The molecule has 7 heteroatoms. The Kier molecular flexibility index (Phi) is 3.94. The summed E-state index contributed by atoms with van der Waals surface area (Å²) in [7, 11) is 0. The number of rotatable bonds is 1. The average molecular weight is 378 g/mol. The van der Waals surface area contributed by atoms with E-state index in [1.54, 1.807) is 30.3 Å². The van der Waals surface area contributed by atoms with Crippen molar-refractivity contribution < 1.29 is 14.6 Å². The molecule has 2 aromatic carbocycles. The van der Waals surface area contributed by atoms with Crippen LogP contribution in [0, 0.1) is 0 Å². The van der Waals surface area contributed by atoms with Crippen LogP contribution < -0.4 is 4.74 Å². The lowest BCUT2D eigenvalue weighted by atomic mass is 9.87. The van der Waals surface area contributed by atoms with Crippen molar-refractivity contribution in [3.63, 3.8) is 0 Å². The number of fused-ring (bicyclic) bond motifs is 1. The molecule has 0 saturated carbocycles. The third-order valence-electron chi connectivity index (χ3n) is 3.45. The number of hydrogen-bond donors (Lipinski definition) is 1. The molecule has 0 bridgehead atoms. The number of aromatic hydroxyl groups is 1. The minimum absolute atomic E-state index is 0.0271. The molecule has 2 unspecified atom stereocenters. The molecule has 0 aliphatic carbocycles. The van der Waals surface area contributed by atoms with E-state index in [1.165, 1.54) is 6.07 Å². The van der Waals surface area contributed by atoms with Gasteiger partial charge in [0.15, 0.2) is 22.2 Å². The number of phenols is 1. The van der Waals surface area contributed by atoms with Gasteiger partial charge in [0.2, 0.25) is 5.56 Å². The fourth-order valence-electron chi connectivity index (χ4n) is 2.30. The highest BCUT2D eigenvalue weighted by atomic mass is 35.5. The van der Waals surface area contributed by atoms with Gasteiger partial charge < -0.3 is 9.84 Å². The average Bonchev–Trinajstić information content (AvgIpc) is 2.53. The Morgan fingerprint density at radius 1 is 1.18 bits per heavy atom. The van der Waals surface area contributed by atoms with Gasteiger partial charge in [-0.2, -0.15) is 0 Å². The van der Waals surface area contributed by atoms with Crippen LogP contribution >= 0.6 is 46.4 Å². The van der Waals surface area contributed by atoms with E-state index in [9.17, 15) is 9.90 Å². The molecular formula is C15H8Cl4O3. The molecule has 0 spiro atoms. The Labute approximate surface area is 146 Å². The molecule has 2 atom stereocenters. The summed E-state index contributed by atoms with van der Waals surface area (Å²) in [5.74, 6) is -0.897. The molecule has 0 fully saturated rings. The van der Waals surface area contributed by atoms with Crippen LogP contribution in [0.25, 0.3) is 0 Å². The fourth-order valence-corrected chi connectivity index (χ4v) is 3.39. The Morgan fingerprint density at radius 2 is 1.82 bits per heavy atom. The first kappa shape index (κ1) is 15.8. The number of ketones is 1. The third-order valence-corrected chi connectivity index (χ3v) is 5.21. The first-order valence-corrected chi connectivity index (χ1v) is 7.75. The number of carbonyl (C=O) groups is 1. The predicted octanol–water partition coefficient (Wildman–Crippen LogP) is 4.97. The smallest absolute Gasteiger partial charge is 0.202 e. The van der Waals surface area contributed by atoms with E-state index in [2.05, 4.69) is 0 Å². The van der Waals surface area contributed by atoms with Crippen LogP contribution in [0.5, 0.6) is 11.5 Å². The number of carbonyl (C=O) groups excluding carboxylic acids is 1. The van der Waals surface area contributed by atoms with Crippen LogP contribution in [0.3, 0.4) is 0 Å². The monoisotopic (exact) mass is 376 g/mol. The normalized spacial score (nSPS) is 23.8. The number of hydrogen-bond acceptors (Lipinski definition) is 3. The summed E-state index contributed by atoms with van der Waals surface area (Å²) in [4.78, 5) is 11.3. The molecule has 0 aromatic heterocycles. The van der Waals surface area contributed by atoms with Gasteiger partial charge in [0.05, 0.1) is 10.6 Å². The molecule has 1 aliphatic heterocycles. The Hall–Kier alpha value is -1.13. The first-order valence-electron chi connectivity index (χ1n) is 6.18. The molecule has 2 aromatic rings. The van der Waals surface area contributed by atoms with Gasteiger partial charge >= 0.3 is 0 Å². The van der Waals surface area contributed by atoms with Gasteiger partial charge in [0, 0.05) is 0 Å². The summed E-state index contributed by atoms with van der Waals surface area (Å²) in [6.45, 7) is 0. The van der Waals surface area contributed by atoms with Gasteiger partial charge in [0.1, 0.15) is 5.02 Å². The number of phenolic OH excluding ortho intramolecular Hbond substituents is 1. The van der Waals surface area contributed by atoms with Crippen molar-refractivity contribution in [1.29, 1.82) is 0 Å². The second-order valence-corrected chi connectivity index (χ2v) is 6.52. The maximum atomic E-state index is 12.9. The molecule has 22 heavy (non-hydrogen) atoms. The van der Waals surface area contributed by atoms with Crippen LogP contribution in [-0.4, -0.2) is 16.5 Å². The van der Waals surface area contributed by atoms with Crippen LogP contribution in [0.1, 0.15) is 15.9 Å². The molecule has 1 heterocycles. The van der Waals surface area contributed by atoms with E-state index >= 15 is 0 Å². The van der Waals surface area contributed by atoms with E-state index in [0.717, 1.165) is 0 Å². The highest BCUT2D eigenvalue weighted by Gasteiger charge is 2.52. The number of ether oxygens (including phenoxy) is 1. The van der Waals surface area contributed by atoms with E-state index in [4.69, 9.17) is 51.1 Å². The first-order chi connectivity index (χ1) is 10.4. The SMILES string of the molecule is O=C1c2cc(Cl)c(O)c(Cl)c2OC(Cl)C1(Cl)c1ccccc1. The second kappa shape index (κ2) is 5.50. The van der Waals surface area contributed by atoms with Gasteiger partial charge in [-0.1, -0.05) is 76.7 Å². The fraction of sp³-hybridized carbons (Fsp3) is 0.133. The molecule has 1 aliphatic rings. The van der Waals surface area contributed by atoms with Crippen LogP contribution in [0.4, 0.5) is 0 Å². The minimum atomic E-state index is -1.61. The van der Waals surface area contributed by atoms with Crippen LogP contribution in [0.15, 0.2) is 36.4 Å². The van der Waals surface area contributed by atoms with E-state index in [-0.39, 0.29) is 27.1 Å². The van der Waals surface area contributed by atoms with E-state index in [0.29, 0.717) is 5.56 Å². The number of halogens is 4. The van der Waals surface area contributed by atoms with Crippen LogP contribution in [0.2, 0.25) is 10.0 Å². The Bertz CT molecular complexity index is 763. The van der Waals surface area contributed by atoms with Gasteiger partial charge in [-0.05, 0) is 11.6 Å². The molecule has 3 rings (SSSR count). The summed E-state index contributed by atoms with van der Waals surface area (Å²) >= 11 is 24.6. The highest BCUT2D eigenvalue weighted by Crippen LogP contribution is 2.51. The summed E-state index contributed by atoms with van der Waals surface area (Å²) in [6, 6.07) is 9.89. The van der Waals surface area contributed by atoms with Gasteiger partial charge in [0.25, 0.3) is 0 Å². The predicted molar refractivity (Wildman–Crippen MR) is 86.7 cm³/mol. The number of Topliss-reactive ketones (excluding diaryl/α,β-unsaturated/α-hetero) is 1. The van der Waals surface area contributed by atoms with Crippen molar-refractivity contribution in [2.45, 2.75) is 10.4 Å². The molecule has 3 nitrogen and oxygen atoms in total. The van der Waals surface area contributed by atoms with Crippen molar-refractivity contribution in [1.82, 2.24) is 0 Å². The van der Waals surface area contributed by atoms with Crippen LogP contribution in [-0.2, 0) is 4.87 Å². The second-order valence-electron chi connectivity index (χ2n) is 4.74. The largest absolute Gasteiger partial charge is 0.505 e. The number of alkyl halides is 2. The van der Waals surface area contributed by atoms with Crippen molar-refractivity contribution in [2.24, 2.45) is 0 Å². The zero-order chi connectivity index (χ0) is 16.1. The van der Waals surface area contributed by atoms with Gasteiger partial charge in [-0.15, -0.1) is 0 Å². The summed E-state index contributed by atoms with van der Waals surface area (Å²) < 4.78 is 5.50. The Morgan fingerprint density at radius 3 is 2.45 bits per heavy atom. The van der Waals surface area contributed by atoms with Crippen molar-refractivity contribution in [2.75, 3.05) is 0 Å². The molecule has 0 radical (unpaired) electrons. The molecule has 0 saturated heterocycles. The molecule has 1 N–H and O–H groups in total. The third kappa shape index (κ3) is 2.16. The standard InChI is InChI=1S/C15H8Cl4O3/c16-9-6-8-12(10(17)11(9)20)22-14(18)15(19,13(8)21)7-4-2-1-3-5-7/h1-6,14,20H. The maximum Gasteiger partial charge on any atom is 0.202 e. The number of benzene rings is 2. The molecular weight excluding hydrogens is 370 g/mol. The lowest BCUT2D eigenvalue weighted by molar-refractivity contribution is 0.0826. The summed E-state index contributed by atoms with van der Waals surface area (Å²) in [6.07, 6.45) is 0. The van der Waals surface area contributed by atoms with Crippen molar-refractivity contribution in [3.8, 4) is 11.5 Å². The lowest BCUT2D eigenvalue weighted by Gasteiger charge is -2.36. The zero-order valence-corrected chi connectivity index (χ0v) is 13.8. The van der Waals surface area contributed by atoms with Gasteiger partial charge in [-0.25, -0.2) is 0 Å². The minimum Gasteiger partial charge on any atom is -0.505 e. The van der Waals surface area contributed by atoms with E-state index < -0.39 is 16.2 Å². The topological polar surface area (TPSA) is 46.5 Å². The lowest BCUT2D eigenvalue weighted by Crippen LogP contribution is -2.45. The maximum absolute atomic E-state index is 12.9. The quantitative estimate of drug-likeness (QED) is 0.713. The van der Waals surface area contributed by atoms with Crippen molar-refractivity contribution in [3.05, 3.63) is 57.6 Å².